The van der Waals surface area contributed by atoms with Crippen molar-refractivity contribution in [3.63, 3.8) is 0 Å². The molecule has 90 valence electrons. The summed E-state index contributed by atoms with van der Waals surface area (Å²) in [6.07, 6.45) is 11.1. The van der Waals surface area contributed by atoms with Gasteiger partial charge in [0.25, 0.3) is 0 Å². The minimum absolute atomic E-state index is 0.623. The Kier molecular flexibility index (Phi) is 5.52. The van der Waals surface area contributed by atoms with Gasteiger partial charge < -0.3 is 0 Å². The molecular weight excluding hydrogens is 200 g/mol. The number of thiol groups is 1. The van der Waals surface area contributed by atoms with Gasteiger partial charge in [-0.2, -0.15) is 12.6 Å². The number of hydrogen-bond donors (Lipinski definition) is 1. The van der Waals surface area contributed by atoms with E-state index in [2.05, 4.69) is 20.8 Å². The van der Waals surface area contributed by atoms with Gasteiger partial charge in [0.2, 0.25) is 0 Å². The van der Waals surface area contributed by atoms with Gasteiger partial charge in [-0.1, -0.05) is 46.5 Å². The minimum atomic E-state index is 0.623. The van der Waals surface area contributed by atoms with Crippen LogP contribution in [0.25, 0.3) is 0 Å². The van der Waals surface area contributed by atoms with Gasteiger partial charge in [-0.25, -0.2) is 0 Å². The fourth-order valence-electron chi connectivity index (χ4n) is 3.09. The van der Waals surface area contributed by atoms with E-state index in [1.807, 2.05) is 0 Å². The molecule has 1 unspecified atom stereocenters. The summed E-state index contributed by atoms with van der Waals surface area (Å²) in [5, 5.41) is 0.637. The van der Waals surface area contributed by atoms with E-state index in [0.29, 0.717) is 10.7 Å². The molecule has 0 amide bonds. The van der Waals surface area contributed by atoms with E-state index in [1.54, 1.807) is 0 Å². The van der Waals surface area contributed by atoms with Gasteiger partial charge in [0, 0.05) is 5.25 Å². The summed E-state index contributed by atoms with van der Waals surface area (Å²) >= 11 is 4.81. The van der Waals surface area contributed by atoms with Crippen LogP contribution in [-0.4, -0.2) is 5.25 Å². The zero-order chi connectivity index (χ0) is 11.3. The van der Waals surface area contributed by atoms with Crippen molar-refractivity contribution in [1.29, 1.82) is 0 Å². The zero-order valence-corrected chi connectivity index (χ0v) is 11.7. The summed E-state index contributed by atoms with van der Waals surface area (Å²) in [5.74, 6) is 0.900. The van der Waals surface area contributed by atoms with Crippen LogP contribution in [0.3, 0.4) is 0 Å². The summed E-state index contributed by atoms with van der Waals surface area (Å²) in [6, 6.07) is 0. The van der Waals surface area contributed by atoms with Gasteiger partial charge in [-0.3, -0.25) is 0 Å². The van der Waals surface area contributed by atoms with Crippen LogP contribution in [0, 0.1) is 11.3 Å². The molecular formula is C14H28S. The van der Waals surface area contributed by atoms with Crippen molar-refractivity contribution in [2.24, 2.45) is 11.3 Å². The lowest BCUT2D eigenvalue weighted by atomic mass is 9.81. The summed E-state index contributed by atoms with van der Waals surface area (Å²) in [5.41, 5.74) is 0.623. The van der Waals surface area contributed by atoms with Gasteiger partial charge in [0.05, 0.1) is 0 Å². The van der Waals surface area contributed by atoms with Crippen LogP contribution < -0.4 is 0 Å². The predicted molar refractivity (Wildman–Crippen MR) is 72.7 cm³/mol. The molecule has 0 nitrogen and oxygen atoms in total. The minimum Gasteiger partial charge on any atom is -0.176 e. The fraction of sp³-hybridized carbons (Fsp3) is 1.00. The molecule has 15 heavy (non-hydrogen) atoms. The fourth-order valence-corrected chi connectivity index (χ4v) is 3.83. The first-order valence-corrected chi connectivity index (χ1v) is 7.29. The molecule has 1 saturated carbocycles. The Morgan fingerprint density at radius 1 is 1.13 bits per heavy atom. The van der Waals surface area contributed by atoms with E-state index in [4.69, 9.17) is 12.6 Å². The largest absolute Gasteiger partial charge is 0.176 e. The molecule has 1 heteroatoms. The lowest BCUT2D eigenvalue weighted by molar-refractivity contribution is 0.288. The molecule has 0 bridgehead atoms. The van der Waals surface area contributed by atoms with Crippen molar-refractivity contribution >= 4 is 12.6 Å². The molecule has 0 aromatic heterocycles. The van der Waals surface area contributed by atoms with Crippen molar-refractivity contribution in [1.82, 2.24) is 0 Å². The van der Waals surface area contributed by atoms with Crippen molar-refractivity contribution in [2.45, 2.75) is 77.4 Å². The monoisotopic (exact) mass is 228 g/mol. The highest BCUT2D eigenvalue weighted by Crippen LogP contribution is 2.43. The third-order valence-corrected chi connectivity index (χ3v) is 4.69. The van der Waals surface area contributed by atoms with E-state index in [0.717, 1.165) is 5.92 Å². The molecule has 0 spiro atoms. The second-order valence-corrected chi connectivity index (χ2v) is 6.52. The van der Waals surface area contributed by atoms with Crippen LogP contribution in [0.4, 0.5) is 0 Å². The molecule has 1 aliphatic rings. The van der Waals surface area contributed by atoms with Crippen molar-refractivity contribution in [3.05, 3.63) is 0 Å². The summed E-state index contributed by atoms with van der Waals surface area (Å²) in [4.78, 5) is 0. The number of rotatable bonds is 6. The quantitative estimate of drug-likeness (QED) is 0.602. The summed E-state index contributed by atoms with van der Waals surface area (Å²) in [7, 11) is 0. The molecule has 1 atom stereocenters. The van der Waals surface area contributed by atoms with Crippen LogP contribution in [0.5, 0.6) is 0 Å². The Balaban J connectivity index is 2.31. The molecule has 1 fully saturated rings. The zero-order valence-electron chi connectivity index (χ0n) is 10.8. The van der Waals surface area contributed by atoms with E-state index in [9.17, 15) is 0 Å². The van der Waals surface area contributed by atoms with Crippen molar-refractivity contribution < 1.29 is 0 Å². The van der Waals surface area contributed by atoms with Gasteiger partial charge in [-0.15, -0.1) is 0 Å². The summed E-state index contributed by atoms with van der Waals surface area (Å²) in [6.45, 7) is 7.09. The molecule has 0 radical (unpaired) electrons. The first kappa shape index (κ1) is 13.4. The van der Waals surface area contributed by atoms with Crippen LogP contribution in [0.15, 0.2) is 0 Å². The van der Waals surface area contributed by atoms with Crippen LogP contribution >= 0.6 is 12.6 Å². The predicted octanol–water partition coefficient (Wildman–Crippen LogP) is 5.08. The maximum Gasteiger partial charge on any atom is 0.00246 e. The Morgan fingerprint density at radius 3 is 2.13 bits per heavy atom. The molecule has 0 aromatic carbocycles. The van der Waals surface area contributed by atoms with E-state index >= 15 is 0 Å². The van der Waals surface area contributed by atoms with Gasteiger partial charge >= 0.3 is 0 Å². The second-order valence-electron chi connectivity index (χ2n) is 5.79. The Hall–Kier alpha value is 0.350. The first-order valence-electron chi connectivity index (χ1n) is 6.77. The van der Waals surface area contributed by atoms with Gasteiger partial charge in [-0.05, 0) is 37.0 Å². The smallest absolute Gasteiger partial charge is 0.00246 e. The highest BCUT2D eigenvalue weighted by molar-refractivity contribution is 7.80. The number of hydrogen-bond acceptors (Lipinski definition) is 1. The third-order valence-electron chi connectivity index (χ3n) is 4.30. The topological polar surface area (TPSA) is 0 Å². The lowest BCUT2D eigenvalue weighted by Gasteiger charge is -2.28. The molecule has 0 aliphatic heterocycles. The standard InChI is InChI=1S/C14H28S/c1-4-12(5-2)10-13(15)11-14(3)8-6-7-9-14/h12-13,15H,4-11H2,1-3H3. The Labute approximate surface area is 102 Å². The third kappa shape index (κ3) is 4.38. The average molecular weight is 228 g/mol. The Bertz CT molecular complexity index is 166. The highest BCUT2D eigenvalue weighted by atomic mass is 32.1. The summed E-state index contributed by atoms with van der Waals surface area (Å²) < 4.78 is 0. The normalized spacial score (nSPS) is 22.2. The van der Waals surface area contributed by atoms with Crippen LogP contribution in [0.1, 0.15) is 72.1 Å². The van der Waals surface area contributed by atoms with Crippen LogP contribution in [-0.2, 0) is 0 Å². The first-order chi connectivity index (χ1) is 7.09. The Morgan fingerprint density at radius 2 is 1.67 bits per heavy atom. The van der Waals surface area contributed by atoms with E-state index in [-0.39, 0.29) is 0 Å². The van der Waals surface area contributed by atoms with E-state index in [1.165, 1.54) is 51.4 Å². The molecule has 0 heterocycles. The SMILES string of the molecule is CCC(CC)CC(S)CC1(C)CCCC1. The molecule has 1 rings (SSSR count). The van der Waals surface area contributed by atoms with Crippen molar-refractivity contribution in [2.75, 3.05) is 0 Å². The maximum atomic E-state index is 4.81. The van der Waals surface area contributed by atoms with Crippen molar-refractivity contribution in [3.8, 4) is 0 Å². The van der Waals surface area contributed by atoms with Gasteiger partial charge in [0.15, 0.2) is 0 Å². The van der Waals surface area contributed by atoms with Crippen LogP contribution in [0.2, 0.25) is 0 Å². The molecule has 0 saturated heterocycles. The van der Waals surface area contributed by atoms with Gasteiger partial charge in [0.1, 0.15) is 0 Å². The second kappa shape index (κ2) is 6.18. The molecule has 0 aromatic rings. The lowest BCUT2D eigenvalue weighted by Crippen LogP contribution is -2.19. The molecule has 1 aliphatic carbocycles. The van der Waals surface area contributed by atoms with E-state index < -0.39 is 0 Å². The highest BCUT2D eigenvalue weighted by Gasteiger charge is 2.30. The maximum absolute atomic E-state index is 4.81. The average Bonchev–Trinajstić information content (AvgIpc) is 2.61. The molecule has 0 N–H and O–H groups in total.